The van der Waals surface area contributed by atoms with E-state index in [0.717, 1.165) is 42.6 Å². The first-order chi connectivity index (χ1) is 12.8. The van der Waals surface area contributed by atoms with Gasteiger partial charge in [0, 0.05) is 30.4 Å². The Morgan fingerprint density at radius 3 is 2.21 bits per heavy atom. The van der Waals surface area contributed by atoms with Crippen molar-refractivity contribution >= 4 is 21.6 Å². The van der Waals surface area contributed by atoms with Crippen molar-refractivity contribution in [1.29, 1.82) is 0 Å². The Morgan fingerprint density at radius 1 is 1.04 bits per heavy atom. The van der Waals surface area contributed by atoms with E-state index in [4.69, 9.17) is 0 Å². The standard InChI is InChI=1S/C21H37N3O3S/c1-15(2)24-20(25)18-13-16(3)14-19(17(18)4)22-11-9-8-10-12-23-28(26,27)21(5,6)7/h13-15,22-23H,8-12H2,1-7H3,(H,24,25). The summed E-state index contributed by atoms with van der Waals surface area (Å²) in [5.74, 6) is -0.0506. The zero-order valence-corrected chi connectivity index (χ0v) is 19.2. The maximum Gasteiger partial charge on any atom is 0.251 e. The fraction of sp³-hybridized carbons (Fsp3) is 0.667. The third kappa shape index (κ3) is 7.43. The lowest BCUT2D eigenvalue weighted by molar-refractivity contribution is 0.0942. The van der Waals surface area contributed by atoms with Crippen LogP contribution in [-0.2, 0) is 10.0 Å². The molecule has 0 spiro atoms. The molecular formula is C21H37N3O3S. The number of carbonyl (C=O) groups is 1. The second-order valence-electron chi connectivity index (χ2n) is 8.61. The largest absolute Gasteiger partial charge is 0.385 e. The summed E-state index contributed by atoms with van der Waals surface area (Å²) in [4.78, 5) is 12.4. The Balaban J connectivity index is 2.50. The minimum absolute atomic E-state index is 0.0506. The molecule has 3 N–H and O–H groups in total. The summed E-state index contributed by atoms with van der Waals surface area (Å²) in [5, 5.41) is 6.36. The normalized spacial score (nSPS) is 12.3. The molecule has 0 aliphatic carbocycles. The van der Waals surface area contributed by atoms with Crippen LogP contribution in [0.1, 0.15) is 75.4 Å². The fourth-order valence-corrected chi connectivity index (χ4v) is 3.54. The van der Waals surface area contributed by atoms with E-state index >= 15 is 0 Å². The Kier molecular flexibility index (Phi) is 8.95. The molecule has 6 nitrogen and oxygen atoms in total. The maximum atomic E-state index is 12.4. The molecule has 0 unspecified atom stereocenters. The van der Waals surface area contributed by atoms with Crippen LogP contribution < -0.4 is 15.4 Å². The van der Waals surface area contributed by atoms with E-state index in [1.165, 1.54) is 0 Å². The molecule has 0 aromatic heterocycles. The molecule has 0 aliphatic rings. The van der Waals surface area contributed by atoms with Crippen molar-refractivity contribution < 1.29 is 13.2 Å². The van der Waals surface area contributed by atoms with Crippen LogP contribution in [0.25, 0.3) is 0 Å². The van der Waals surface area contributed by atoms with E-state index in [-0.39, 0.29) is 11.9 Å². The van der Waals surface area contributed by atoms with E-state index in [9.17, 15) is 13.2 Å². The molecule has 1 aromatic rings. The number of aryl methyl sites for hydroxylation is 1. The smallest absolute Gasteiger partial charge is 0.251 e. The number of carbonyl (C=O) groups excluding carboxylic acids is 1. The van der Waals surface area contributed by atoms with Crippen molar-refractivity contribution in [3.8, 4) is 0 Å². The van der Waals surface area contributed by atoms with Crippen molar-refractivity contribution in [1.82, 2.24) is 10.0 Å². The average molecular weight is 412 g/mol. The molecule has 28 heavy (non-hydrogen) atoms. The number of anilines is 1. The van der Waals surface area contributed by atoms with Crippen molar-refractivity contribution in [2.75, 3.05) is 18.4 Å². The van der Waals surface area contributed by atoms with Crippen molar-refractivity contribution in [3.05, 3.63) is 28.8 Å². The summed E-state index contributed by atoms with van der Waals surface area (Å²) >= 11 is 0. The Hall–Kier alpha value is -1.60. The topological polar surface area (TPSA) is 87.3 Å². The summed E-state index contributed by atoms with van der Waals surface area (Å²) in [6.07, 6.45) is 2.65. The second kappa shape index (κ2) is 10.3. The molecule has 0 fully saturated rings. The molecule has 0 saturated heterocycles. The number of nitrogens with one attached hydrogen (secondary N) is 3. The van der Waals surface area contributed by atoms with Crippen molar-refractivity contribution in [3.63, 3.8) is 0 Å². The Bertz CT molecular complexity index is 766. The number of benzene rings is 1. The Labute approximate surface area is 170 Å². The highest BCUT2D eigenvalue weighted by Crippen LogP contribution is 2.22. The molecule has 1 aromatic carbocycles. The molecular weight excluding hydrogens is 374 g/mol. The van der Waals surface area contributed by atoms with Gasteiger partial charge in [-0.2, -0.15) is 0 Å². The second-order valence-corrected chi connectivity index (χ2v) is 11.1. The highest BCUT2D eigenvalue weighted by Gasteiger charge is 2.27. The number of unbranched alkanes of at least 4 members (excludes halogenated alkanes) is 2. The van der Waals surface area contributed by atoms with Crippen LogP contribution in [0.15, 0.2) is 12.1 Å². The maximum absolute atomic E-state index is 12.4. The first-order valence-electron chi connectivity index (χ1n) is 10.0. The number of sulfonamides is 1. The van der Waals surface area contributed by atoms with Gasteiger partial charge in [0.2, 0.25) is 10.0 Å². The van der Waals surface area contributed by atoms with E-state index in [1.807, 2.05) is 33.8 Å². The van der Waals surface area contributed by atoms with Crippen LogP contribution in [0.4, 0.5) is 5.69 Å². The summed E-state index contributed by atoms with van der Waals surface area (Å²) in [6, 6.07) is 4.07. The van der Waals surface area contributed by atoms with Crippen molar-refractivity contribution in [2.45, 2.75) is 78.5 Å². The molecule has 0 bridgehead atoms. The minimum Gasteiger partial charge on any atom is -0.385 e. The quantitative estimate of drug-likeness (QED) is 0.512. The highest BCUT2D eigenvalue weighted by molar-refractivity contribution is 7.90. The molecule has 0 heterocycles. The van der Waals surface area contributed by atoms with Gasteiger partial charge in [0.25, 0.3) is 5.91 Å². The summed E-state index contributed by atoms with van der Waals surface area (Å²) in [7, 11) is -3.27. The number of hydrogen-bond acceptors (Lipinski definition) is 4. The molecule has 1 amide bonds. The third-order valence-electron chi connectivity index (χ3n) is 4.48. The number of amides is 1. The molecule has 0 aliphatic heterocycles. The molecule has 160 valence electrons. The van der Waals surface area contributed by atoms with Gasteiger partial charge in [0.1, 0.15) is 0 Å². The molecule has 0 atom stereocenters. The van der Waals surface area contributed by atoms with Crippen LogP contribution >= 0.6 is 0 Å². The van der Waals surface area contributed by atoms with Gasteiger partial charge in [-0.3, -0.25) is 4.79 Å². The van der Waals surface area contributed by atoms with Gasteiger partial charge in [0.05, 0.1) is 4.75 Å². The zero-order valence-electron chi connectivity index (χ0n) is 18.4. The summed E-state index contributed by atoms with van der Waals surface area (Å²) in [5.41, 5.74) is 3.66. The van der Waals surface area contributed by atoms with Crippen LogP contribution in [0.5, 0.6) is 0 Å². The third-order valence-corrected chi connectivity index (χ3v) is 6.68. The van der Waals surface area contributed by atoms with Gasteiger partial charge in [-0.1, -0.05) is 6.42 Å². The predicted octanol–water partition coefficient (Wildman–Crippen LogP) is 3.74. The first kappa shape index (κ1) is 24.4. The van der Waals surface area contributed by atoms with Gasteiger partial charge in [-0.15, -0.1) is 0 Å². The van der Waals surface area contributed by atoms with Gasteiger partial charge in [-0.25, -0.2) is 13.1 Å². The van der Waals surface area contributed by atoms with Gasteiger partial charge >= 0.3 is 0 Å². The summed E-state index contributed by atoms with van der Waals surface area (Å²) in [6.45, 7) is 14.2. The number of hydrogen-bond donors (Lipinski definition) is 3. The lowest BCUT2D eigenvalue weighted by Crippen LogP contribution is -2.39. The highest BCUT2D eigenvalue weighted by atomic mass is 32.2. The van der Waals surface area contributed by atoms with Crippen LogP contribution in [0.2, 0.25) is 0 Å². The minimum atomic E-state index is -3.27. The van der Waals surface area contributed by atoms with Crippen LogP contribution in [-0.4, -0.2) is 38.2 Å². The molecule has 1 rings (SSSR count). The zero-order chi connectivity index (χ0) is 21.5. The predicted molar refractivity (Wildman–Crippen MR) is 118 cm³/mol. The van der Waals surface area contributed by atoms with Gasteiger partial charge in [0.15, 0.2) is 0 Å². The molecule has 7 heteroatoms. The van der Waals surface area contributed by atoms with Gasteiger partial charge in [-0.05, 0) is 84.6 Å². The lowest BCUT2D eigenvalue weighted by Gasteiger charge is -2.19. The lowest BCUT2D eigenvalue weighted by atomic mass is 10.0. The van der Waals surface area contributed by atoms with E-state index in [1.54, 1.807) is 20.8 Å². The fourth-order valence-electron chi connectivity index (χ4n) is 2.69. The van der Waals surface area contributed by atoms with E-state index in [0.29, 0.717) is 12.1 Å². The van der Waals surface area contributed by atoms with Crippen LogP contribution in [0, 0.1) is 13.8 Å². The summed E-state index contributed by atoms with van der Waals surface area (Å²) < 4.78 is 25.9. The van der Waals surface area contributed by atoms with Gasteiger partial charge < -0.3 is 10.6 Å². The van der Waals surface area contributed by atoms with E-state index in [2.05, 4.69) is 21.4 Å². The Morgan fingerprint density at radius 2 is 1.64 bits per heavy atom. The SMILES string of the molecule is Cc1cc(NCCCCCNS(=O)(=O)C(C)(C)C)c(C)c(C(=O)NC(C)C)c1. The number of rotatable bonds is 10. The first-order valence-corrected chi connectivity index (χ1v) is 11.5. The van der Waals surface area contributed by atoms with Crippen molar-refractivity contribution in [2.24, 2.45) is 0 Å². The van der Waals surface area contributed by atoms with E-state index < -0.39 is 14.8 Å². The average Bonchev–Trinajstić information content (AvgIpc) is 2.54. The monoisotopic (exact) mass is 411 g/mol. The molecule has 0 saturated carbocycles. The molecule has 0 radical (unpaired) electrons. The van der Waals surface area contributed by atoms with Crippen LogP contribution in [0.3, 0.4) is 0 Å².